The van der Waals surface area contributed by atoms with E-state index in [1.54, 1.807) is 24.3 Å². The van der Waals surface area contributed by atoms with E-state index in [9.17, 15) is 14.4 Å². The molecule has 26 heavy (non-hydrogen) atoms. The second-order valence-electron chi connectivity index (χ2n) is 6.08. The molecule has 1 unspecified atom stereocenters. The Morgan fingerprint density at radius 1 is 1.23 bits per heavy atom. The number of primary amides is 1. The summed E-state index contributed by atoms with van der Waals surface area (Å²) in [6, 6.07) is 5.63. The summed E-state index contributed by atoms with van der Waals surface area (Å²) in [5.41, 5.74) is 5.91. The number of nitrogens with two attached hydrogens (primary N) is 1. The highest BCUT2D eigenvalue weighted by molar-refractivity contribution is 6.30. The molecule has 0 saturated carbocycles. The van der Waals surface area contributed by atoms with Crippen LogP contribution in [0.15, 0.2) is 36.7 Å². The number of benzene rings is 1. The number of rotatable bonds is 7. The molecule has 0 spiro atoms. The average molecular weight is 378 g/mol. The van der Waals surface area contributed by atoms with Crippen molar-refractivity contribution in [3.05, 3.63) is 47.2 Å². The molecule has 1 aromatic carbocycles. The third-order valence-corrected chi connectivity index (χ3v) is 3.81. The third-order valence-electron chi connectivity index (χ3n) is 3.56. The highest BCUT2D eigenvalue weighted by Crippen LogP contribution is 2.12. The number of carbonyl (C=O) groups is 3. The second-order valence-corrected chi connectivity index (χ2v) is 6.52. The molecular weight excluding hydrogens is 358 g/mol. The lowest BCUT2D eigenvalue weighted by molar-refractivity contribution is -0.119. The van der Waals surface area contributed by atoms with Crippen LogP contribution in [0, 0.1) is 5.92 Å². The highest BCUT2D eigenvalue weighted by Gasteiger charge is 2.25. The van der Waals surface area contributed by atoms with Gasteiger partial charge in [-0.3, -0.25) is 19.1 Å². The van der Waals surface area contributed by atoms with Gasteiger partial charge in [0.1, 0.15) is 12.6 Å². The second kappa shape index (κ2) is 8.48. The molecule has 0 aliphatic heterocycles. The molecule has 4 N–H and O–H groups in total. The molecule has 1 heterocycles. The fourth-order valence-electron chi connectivity index (χ4n) is 2.26. The zero-order chi connectivity index (χ0) is 19.3. The Bertz CT molecular complexity index is 801. The van der Waals surface area contributed by atoms with E-state index in [1.807, 2.05) is 13.8 Å². The van der Waals surface area contributed by atoms with Gasteiger partial charge in [-0.05, 0) is 30.2 Å². The Kier molecular flexibility index (Phi) is 6.35. The summed E-state index contributed by atoms with van der Waals surface area (Å²) < 4.78 is 1.31. The van der Waals surface area contributed by atoms with Crippen molar-refractivity contribution in [2.75, 3.05) is 5.32 Å². The number of halogens is 1. The van der Waals surface area contributed by atoms with Crippen molar-refractivity contribution < 1.29 is 14.4 Å². The first kappa shape index (κ1) is 19.5. The third kappa shape index (κ3) is 5.32. The molecule has 9 heteroatoms. The molecule has 138 valence electrons. The topological polar surface area (TPSA) is 119 Å². The van der Waals surface area contributed by atoms with Gasteiger partial charge in [-0.2, -0.15) is 5.10 Å². The number of carbonyl (C=O) groups excluding carboxylic acids is 3. The minimum absolute atomic E-state index is 0.0865. The first-order chi connectivity index (χ1) is 12.3. The zero-order valence-corrected chi connectivity index (χ0v) is 15.2. The quantitative estimate of drug-likeness (QED) is 0.675. The molecule has 1 atom stereocenters. The van der Waals surface area contributed by atoms with Crippen molar-refractivity contribution in [3.8, 4) is 0 Å². The first-order valence-corrected chi connectivity index (χ1v) is 8.32. The van der Waals surface area contributed by atoms with Crippen molar-refractivity contribution in [1.29, 1.82) is 0 Å². The maximum absolute atomic E-state index is 12.5. The van der Waals surface area contributed by atoms with Gasteiger partial charge in [0.2, 0.25) is 11.8 Å². The van der Waals surface area contributed by atoms with E-state index in [0.29, 0.717) is 16.3 Å². The molecule has 1 aromatic heterocycles. The maximum Gasteiger partial charge on any atom is 0.251 e. The Morgan fingerprint density at radius 3 is 2.46 bits per heavy atom. The van der Waals surface area contributed by atoms with Crippen LogP contribution in [0.1, 0.15) is 24.2 Å². The van der Waals surface area contributed by atoms with Crippen LogP contribution in [0.4, 0.5) is 5.69 Å². The molecule has 8 nitrogen and oxygen atoms in total. The summed E-state index contributed by atoms with van der Waals surface area (Å²) in [7, 11) is 0. The summed E-state index contributed by atoms with van der Waals surface area (Å²) in [6.07, 6.45) is 2.89. The Labute approximate surface area is 155 Å². The predicted octanol–water partition coefficient (Wildman–Crippen LogP) is 1.41. The zero-order valence-electron chi connectivity index (χ0n) is 14.4. The van der Waals surface area contributed by atoms with Crippen LogP contribution in [-0.4, -0.2) is 33.5 Å². The molecule has 2 rings (SSSR count). The number of nitrogens with zero attached hydrogens (tertiary/aromatic N) is 2. The van der Waals surface area contributed by atoms with Gasteiger partial charge in [-0.1, -0.05) is 25.4 Å². The van der Waals surface area contributed by atoms with Gasteiger partial charge in [-0.15, -0.1) is 0 Å². The minimum Gasteiger partial charge on any atom is -0.368 e. The van der Waals surface area contributed by atoms with E-state index >= 15 is 0 Å². The molecule has 0 saturated heterocycles. The Hall–Kier alpha value is -2.87. The van der Waals surface area contributed by atoms with Crippen LogP contribution in [0.2, 0.25) is 5.02 Å². The molecule has 3 amide bonds. The standard InChI is InChI=1S/C17H20ClN5O3/c1-10(2)15(22-16(25)11-3-5-12(18)6-4-11)17(26)21-13-7-20-23(8-13)9-14(19)24/h3-8,10,15H,9H2,1-2H3,(H2,19,24)(H,21,26)(H,22,25). The summed E-state index contributed by atoms with van der Waals surface area (Å²) in [4.78, 5) is 35.8. The van der Waals surface area contributed by atoms with Crippen LogP contribution in [0.5, 0.6) is 0 Å². The summed E-state index contributed by atoms with van der Waals surface area (Å²) in [5.74, 6) is -1.45. The smallest absolute Gasteiger partial charge is 0.251 e. The highest BCUT2D eigenvalue weighted by atomic mass is 35.5. The van der Waals surface area contributed by atoms with Crippen molar-refractivity contribution in [2.24, 2.45) is 11.7 Å². The summed E-state index contributed by atoms with van der Waals surface area (Å²) >= 11 is 5.81. The van der Waals surface area contributed by atoms with Crippen LogP contribution < -0.4 is 16.4 Å². The lowest BCUT2D eigenvalue weighted by Gasteiger charge is -2.21. The van der Waals surface area contributed by atoms with Crippen molar-refractivity contribution in [2.45, 2.75) is 26.4 Å². The van der Waals surface area contributed by atoms with Crippen molar-refractivity contribution in [1.82, 2.24) is 15.1 Å². The van der Waals surface area contributed by atoms with E-state index in [1.165, 1.54) is 17.1 Å². The van der Waals surface area contributed by atoms with Gasteiger partial charge < -0.3 is 16.4 Å². The number of hydrogen-bond acceptors (Lipinski definition) is 4. The molecule has 0 fully saturated rings. The average Bonchev–Trinajstić information content (AvgIpc) is 2.98. The first-order valence-electron chi connectivity index (χ1n) is 7.94. The van der Waals surface area contributed by atoms with E-state index in [2.05, 4.69) is 15.7 Å². The Morgan fingerprint density at radius 2 is 1.88 bits per heavy atom. The minimum atomic E-state index is -0.752. The monoisotopic (exact) mass is 377 g/mol. The van der Waals surface area contributed by atoms with E-state index in [4.69, 9.17) is 17.3 Å². The van der Waals surface area contributed by atoms with Gasteiger partial charge >= 0.3 is 0 Å². The fraction of sp³-hybridized carbons (Fsp3) is 0.294. The van der Waals surface area contributed by atoms with Crippen molar-refractivity contribution in [3.63, 3.8) is 0 Å². The van der Waals surface area contributed by atoms with Crippen LogP contribution in [0.3, 0.4) is 0 Å². The molecule has 0 radical (unpaired) electrons. The van der Waals surface area contributed by atoms with Gasteiger partial charge in [0, 0.05) is 16.8 Å². The number of amides is 3. The van der Waals surface area contributed by atoms with Gasteiger partial charge in [0.05, 0.1) is 11.9 Å². The summed E-state index contributed by atoms with van der Waals surface area (Å²) in [6.45, 7) is 3.56. The van der Waals surface area contributed by atoms with Gasteiger partial charge in [-0.25, -0.2) is 0 Å². The van der Waals surface area contributed by atoms with E-state index in [-0.39, 0.29) is 24.3 Å². The molecule has 0 aliphatic carbocycles. The number of anilines is 1. The predicted molar refractivity (Wildman–Crippen MR) is 97.6 cm³/mol. The van der Waals surface area contributed by atoms with Crippen LogP contribution >= 0.6 is 11.6 Å². The summed E-state index contributed by atoms with van der Waals surface area (Å²) in [5, 5.41) is 9.84. The normalized spacial score (nSPS) is 11.8. The molecule has 0 aliphatic rings. The lowest BCUT2D eigenvalue weighted by Crippen LogP contribution is -2.47. The Balaban J connectivity index is 2.04. The van der Waals surface area contributed by atoms with Crippen LogP contribution in [-0.2, 0) is 16.1 Å². The lowest BCUT2D eigenvalue weighted by atomic mass is 10.0. The van der Waals surface area contributed by atoms with Crippen molar-refractivity contribution >= 4 is 35.0 Å². The van der Waals surface area contributed by atoms with Crippen LogP contribution in [0.25, 0.3) is 0 Å². The number of nitrogens with one attached hydrogen (secondary N) is 2. The molecule has 0 bridgehead atoms. The molecule has 2 aromatic rings. The van der Waals surface area contributed by atoms with E-state index < -0.39 is 11.9 Å². The largest absolute Gasteiger partial charge is 0.368 e. The van der Waals surface area contributed by atoms with Gasteiger partial charge in [0.15, 0.2) is 0 Å². The fourth-order valence-corrected chi connectivity index (χ4v) is 2.38. The van der Waals surface area contributed by atoms with Gasteiger partial charge in [0.25, 0.3) is 5.91 Å². The number of hydrogen-bond donors (Lipinski definition) is 3. The molecular formula is C17H20ClN5O3. The van der Waals surface area contributed by atoms with E-state index in [0.717, 1.165) is 0 Å². The SMILES string of the molecule is CC(C)C(NC(=O)c1ccc(Cl)cc1)C(=O)Nc1cnn(CC(N)=O)c1. The number of aromatic nitrogens is 2. The maximum atomic E-state index is 12.5.